The van der Waals surface area contributed by atoms with Crippen molar-refractivity contribution in [3.05, 3.63) is 0 Å². The van der Waals surface area contributed by atoms with Gasteiger partial charge in [0.2, 0.25) is 0 Å². The average Bonchev–Trinajstić information content (AvgIpc) is 0.918. The van der Waals surface area contributed by atoms with Gasteiger partial charge in [0.15, 0.2) is 0 Å². The predicted octanol–water partition coefficient (Wildman–Crippen LogP) is -4.45. The second kappa shape index (κ2) is 19.9. The Balaban J connectivity index is -0.0000000200. The van der Waals surface area contributed by atoms with Gasteiger partial charge in [-0.25, -0.2) is 0 Å². The first-order chi connectivity index (χ1) is 1.41. The molecule has 0 aliphatic carbocycles. The van der Waals surface area contributed by atoms with Crippen molar-refractivity contribution in [1.82, 2.24) is 0 Å². The Morgan fingerprint density at radius 3 is 1.60 bits per heavy atom. The molecule has 0 aromatic heterocycles. The van der Waals surface area contributed by atoms with E-state index < -0.39 is 0 Å². The summed E-state index contributed by atoms with van der Waals surface area (Å²) in [5.41, 5.74) is 0. The topological polar surface area (TPSA) is 20.2 Å². The second-order valence-corrected chi connectivity index (χ2v) is 0.316. The van der Waals surface area contributed by atoms with E-state index in [0.29, 0.717) is 0 Å². The summed E-state index contributed by atoms with van der Waals surface area (Å²) in [5, 5.41) is 7.57. The van der Waals surface area contributed by atoms with Crippen LogP contribution in [0.5, 0.6) is 0 Å². The molecule has 0 aliphatic rings. The molecule has 0 bridgehead atoms. The second-order valence-electron chi connectivity index (χ2n) is 0.316. The molecule has 0 aromatic rings. The first-order valence-corrected chi connectivity index (χ1v) is 1.02. The third-order valence-electron chi connectivity index (χ3n) is 0. The number of aliphatic hydroxyl groups excluding tert-OH is 1. The van der Waals surface area contributed by atoms with Crippen LogP contribution in [-0.4, -0.2) is 20.1 Å². The van der Waals surface area contributed by atoms with E-state index in [4.69, 9.17) is 5.11 Å². The molecule has 0 saturated heterocycles. The molecule has 0 radical (unpaired) electrons. The maximum absolute atomic E-state index is 7.57. The van der Waals surface area contributed by atoms with Crippen molar-refractivity contribution in [2.45, 2.75) is 6.92 Å². The van der Waals surface area contributed by atoms with Crippen LogP contribution in [0.1, 0.15) is 6.92 Å². The zero-order valence-electron chi connectivity index (χ0n) is 3.15. The third kappa shape index (κ3) is 43.8. The molecule has 0 rings (SSSR count). The van der Waals surface area contributed by atoms with Crippen LogP contribution in [0, 0.1) is 0 Å². The van der Waals surface area contributed by atoms with E-state index in [1.54, 1.807) is 6.92 Å². The molecular weight excluding hydrogens is 73.8 g/mol. The third-order valence-corrected chi connectivity index (χ3v) is 0. The van der Waals surface area contributed by atoms with Gasteiger partial charge in [-0.1, -0.05) is 8.41 Å². The molecule has 0 spiro atoms. The number of aliphatic hydroxyl groups is 1. The van der Waals surface area contributed by atoms with Gasteiger partial charge in [0.1, 0.15) is 0 Å². The van der Waals surface area contributed by atoms with Gasteiger partial charge in [-0.05, 0) is 6.92 Å². The molecule has 3 heteroatoms. The molecule has 1 N–H and O–H groups in total. The van der Waals surface area contributed by atoms with Crippen molar-refractivity contribution in [3.8, 4) is 0 Å². The Hall–Kier alpha value is 1.02. The van der Waals surface area contributed by atoms with Crippen molar-refractivity contribution in [3.63, 3.8) is 0 Å². The summed E-state index contributed by atoms with van der Waals surface area (Å²) in [4.78, 5) is 0. The predicted molar refractivity (Wildman–Crippen MR) is 24.1 cm³/mol. The van der Waals surface area contributed by atoms with Gasteiger partial charge in [0.25, 0.3) is 0 Å². The van der Waals surface area contributed by atoms with Gasteiger partial charge in [-0.15, -0.1) is 0 Å². The summed E-state index contributed by atoms with van der Waals surface area (Å²) in [6.07, 6.45) is 0. The van der Waals surface area contributed by atoms with E-state index in [-0.39, 0.29) is 44.6 Å². The SMILES string of the molecule is CCO.[BH4-].[Na+]. The molecule has 0 aliphatic heterocycles. The zero-order chi connectivity index (χ0) is 2.71. The van der Waals surface area contributed by atoms with Gasteiger partial charge in [0, 0.05) is 6.61 Å². The summed E-state index contributed by atoms with van der Waals surface area (Å²) in [7, 11) is 0. The van der Waals surface area contributed by atoms with Crippen molar-refractivity contribution in [1.29, 1.82) is 0 Å². The van der Waals surface area contributed by atoms with E-state index in [2.05, 4.69) is 0 Å². The fourth-order valence-electron chi connectivity index (χ4n) is 0. The van der Waals surface area contributed by atoms with E-state index in [1.165, 1.54) is 0 Å². The average molecular weight is 83.9 g/mol. The molecule has 0 fully saturated rings. The van der Waals surface area contributed by atoms with Crippen molar-refractivity contribution >= 4 is 8.41 Å². The molecule has 28 valence electrons. The standard InChI is InChI=1S/C2H6O.BH4.Na/c1-2-3;;/h3H,2H2,1H3;1H4;/q;-1;+1. The first-order valence-electron chi connectivity index (χ1n) is 1.02. The van der Waals surface area contributed by atoms with E-state index >= 15 is 0 Å². The Morgan fingerprint density at radius 1 is 1.60 bits per heavy atom. The monoisotopic (exact) mass is 84.1 g/mol. The minimum atomic E-state index is 0. The summed E-state index contributed by atoms with van der Waals surface area (Å²) in [6, 6.07) is 0. The van der Waals surface area contributed by atoms with Crippen LogP contribution in [0.3, 0.4) is 0 Å². The number of hydrogen-bond donors (Lipinski definition) is 1. The Morgan fingerprint density at radius 2 is 1.60 bits per heavy atom. The Bertz CT molecular complexity index is 9.61. The van der Waals surface area contributed by atoms with Crippen LogP contribution < -0.4 is 29.6 Å². The van der Waals surface area contributed by atoms with Crippen LogP contribution >= 0.6 is 0 Å². The zero-order valence-corrected chi connectivity index (χ0v) is 5.15. The molecule has 0 aromatic carbocycles. The summed E-state index contributed by atoms with van der Waals surface area (Å²) in [6.45, 7) is 1.93. The minimum absolute atomic E-state index is 0. The fraction of sp³-hybridized carbons (Fsp3) is 1.00. The molecule has 5 heavy (non-hydrogen) atoms. The molecule has 0 atom stereocenters. The number of rotatable bonds is 0. The fourth-order valence-corrected chi connectivity index (χ4v) is 0. The van der Waals surface area contributed by atoms with Crippen molar-refractivity contribution < 1.29 is 34.7 Å². The molecule has 1 nitrogen and oxygen atoms in total. The largest absolute Gasteiger partial charge is 1.00 e. The van der Waals surface area contributed by atoms with Crippen LogP contribution in [0.25, 0.3) is 0 Å². The van der Waals surface area contributed by atoms with Gasteiger partial charge >= 0.3 is 29.6 Å². The summed E-state index contributed by atoms with van der Waals surface area (Å²) in [5.74, 6) is 0. The molecular formula is C2H10BNaO. The Kier molecular flexibility index (Phi) is 66.0. The van der Waals surface area contributed by atoms with Gasteiger partial charge < -0.3 is 5.11 Å². The van der Waals surface area contributed by atoms with Crippen LogP contribution in [0.2, 0.25) is 0 Å². The molecule has 0 heterocycles. The quantitative estimate of drug-likeness (QED) is 0.293. The molecule has 0 amide bonds. The van der Waals surface area contributed by atoms with Crippen LogP contribution in [0.4, 0.5) is 0 Å². The van der Waals surface area contributed by atoms with Gasteiger partial charge in [-0.2, -0.15) is 0 Å². The molecule has 0 unspecified atom stereocenters. The molecule has 0 saturated carbocycles. The van der Waals surface area contributed by atoms with E-state index in [1.807, 2.05) is 0 Å². The first kappa shape index (κ1) is 16.6. The minimum Gasteiger partial charge on any atom is -0.397 e. The van der Waals surface area contributed by atoms with Crippen LogP contribution in [-0.2, 0) is 0 Å². The maximum Gasteiger partial charge on any atom is 1.00 e. The van der Waals surface area contributed by atoms with E-state index in [9.17, 15) is 0 Å². The summed E-state index contributed by atoms with van der Waals surface area (Å²) < 4.78 is 0. The number of hydrogen-bond acceptors (Lipinski definition) is 1. The Labute approximate surface area is 56.6 Å². The van der Waals surface area contributed by atoms with E-state index in [0.717, 1.165) is 0 Å². The maximum atomic E-state index is 7.57. The van der Waals surface area contributed by atoms with Crippen molar-refractivity contribution in [2.75, 3.05) is 6.61 Å². The van der Waals surface area contributed by atoms with Crippen molar-refractivity contribution in [2.24, 2.45) is 0 Å². The normalized spacial score (nSPS) is 3.60. The summed E-state index contributed by atoms with van der Waals surface area (Å²) >= 11 is 0. The van der Waals surface area contributed by atoms with Gasteiger partial charge in [0.05, 0.1) is 0 Å². The van der Waals surface area contributed by atoms with Gasteiger partial charge in [-0.3, -0.25) is 0 Å². The smallest absolute Gasteiger partial charge is 0.397 e. The van der Waals surface area contributed by atoms with Crippen LogP contribution in [0.15, 0.2) is 0 Å².